The Bertz CT molecular complexity index is 907. The SMILES string of the molecule is Cc1cccc(OCCc2noc(C3CCN(C(=O)c4ccsc4)C3)n2)c1. The van der Waals surface area contributed by atoms with Gasteiger partial charge in [-0.2, -0.15) is 16.3 Å². The van der Waals surface area contributed by atoms with E-state index in [1.807, 2.05) is 52.9 Å². The van der Waals surface area contributed by atoms with Crippen LogP contribution in [0.2, 0.25) is 0 Å². The van der Waals surface area contributed by atoms with Gasteiger partial charge in [0, 0.05) is 24.9 Å². The fraction of sp³-hybridized carbons (Fsp3) is 0.350. The molecule has 0 spiro atoms. The van der Waals surface area contributed by atoms with Crippen LogP contribution in [0.25, 0.3) is 0 Å². The Labute approximate surface area is 161 Å². The highest BCUT2D eigenvalue weighted by atomic mass is 32.1. The van der Waals surface area contributed by atoms with Crippen LogP contribution in [0, 0.1) is 6.92 Å². The van der Waals surface area contributed by atoms with Crippen LogP contribution >= 0.6 is 11.3 Å². The van der Waals surface area contributed by atoms with Crippen LogP contribution in [-0.4, -0.2) is 40.6 Å². The van der Waals surface area contributed by atoms with Crippen molar-refractivity contribution in [1.82, 2.24) is 15.0 Å². The molecule has 1 aliphatic rings. The van der Waals surface area contributed by atoms with E-state index in [0.717, 1.165) is 23.3 Å². The number of nitrogens with zero attached hydrogens (tertiary/aromatic N) is 3. The number of rotatable bonds is 6. The maximum atomic E-state index is 12.4. The lowest BCUT2D eigenvalue weighted by atomic mass is 10.1. The third-order valence-corrected chi connectivity index (χ3v) is 5.34. The van der Waals surface area contributed by atoms with Crippen LogP contribution in [0.1, 0.15) is 40.0 Å². The second-order valence-electron chi connectivity index (χ2n) is 6.71. The Balaban J connectivity index is 1.30. The fourth-order valence-electron chi connectivity index (χ4n) is 3.22. The smallest absolute Gasteiger partial charge is 0.254 e. The van der Waals surface area contributed by atoms with Gasteiger partial charge in [-0.3, -0.25) is 4.79 Å². The molecule has 1 amide bonds. The van der Waals surface area contributed by atoms with Gasteiger partial charge in [0.1, 0.15) is 5.75 Å². The molecule has 0 aliphatic carbocycles. The van der Waals surface area contributed by atoms with Gasteiger partial charge >= 0.3 is 0 Å². The highest BCUT2D eigenvalue weighted by molar-refractivity contribution is 7.08. The number of aromatic nitrogens is 2. The predicted octanol–water partition coefficient (Wildman–Crippen LogP) is 3.69. The largest absolute Gasteiger partial charge is 0.493 e. The molecule has 6 nitrogen and oxygen atoms in total. The van der Waals surface area contributed by atoms with Crippen LogP contribution in [0.5, 0.6) is 5.75 Å². The number of amides is 1. The van der Waals surface area contributed by atoms with Crippen molar-refractivity contribution < 1.29 is 14.1 Å². The minimum absolute atomic E-state index is 0.0741. The van der Waals surface area contributed by atoms with Crippen LogP contribution < -0.4 is 4.74 Å². The Morgan fingerprint density at radius 2 is 2.33 bits per heavy atom. The summed E-state index contributed by atoms with van der Waals surface area (Å²) < 4.78 is 11.2. The zero-order valence-corrected chi connectivity index (χ0v) is 15.9. The van der Waals surface area contributed by atoms with E-state index >= 15 is 0 Å². The molecule has 1 atom stereocenters. The van der Waals surface area contributed by atoms with E-state index < -0.39 is 0 Å². The second-order valence-corrected chi connectivity index (χ2v) is 7.49. The van der Waals surface area contributed by atoms with Crippen molar-refractivity contribution >= 4 is 17.2 Å². The number of thiophene rings is 1. The molecule has 140 valence electrons. The molecule has 0 N–H and O–H groups in total. The van der Waals surface area contributed by atoms with Crippen molar-refractivity contribution in [2.75, 3.05) is 19.7 Å². The van der Waals surface area contributed by atoms with Crippen molar-refractivity contribution in [3.8, 4) is 5.75 Å². The molecule has 3 heterocycles. The fourth-order valence-corrected chi connectivity index (χ4v) is 3.84. The van der Waals surface area contributed by atoms with Gasteiger partial charge in [-0.05, 0) is 42.5 Å². The Morgan fingerprint density at radius 3 is 3.15 bits per heavy atom. The lowest BCUT2D eigenvalue weighted by Gasteiger charge is -2.14. The first-order valence-electron chi connectivity index (χ1n) is 9.02. The molecule has 3 aromatic rings. The molecular formula is C20H21N3O3S. The summed E-state index contributed by atoms with van der Waals surface area (Å²) in [5.41, 5.74) is 1.91. The lowest BCUT2D eigenvalue weighted by molar-refractivity contribution is 0.0790. The highest BCUT2D eigenvalue weighted by Gasteiger charge is 2.31. The standard InChI is InChI=1S/C20H21N3O3S/c1-14-3-2-4-17(11-14)25-9-6-18-21-19(26-22-18)15-5-8-23(12-15)20(24)16-7-10-27-13-16/h2-4,7,10-11,13,15H,5-6,8-9,12H2,1H3. The van der Waals surface area contributed by atoms with Crippen molar-refractivity contribution in [1.29, 1.82) is 0 Å². The number of carbonyl (C=O) groups is 1. The van der Waals surface area contributed by atoms with E-state index in [1.54, 1.807) is 0 Å². The molecule has 1 saturated heterocycles. The van der Waals surface area contributed by atoms with E-state index in [4.69, 9.17) is 9.26 Å². The van der Waals surface area contributed by atoms with Gasteiger partial charge in [-0.25, -0.2) is 0 Å². The molecule has 0 radical (unpaired) electrons. The summed E-state index contributed by atoms with van der Waals surface area (Å²) in [7, 11) is 0. The summed E-state index contributed by atoms with van der Waals surface area (Å²) >= 11 is 1.53. The summed E-state index contributed by atoms with van der Waals surface area (Å²) in [6.45, 7) is 3.87. The summed E-state index contributed by atoms with van der Waals surface area (Å²) in [6.07, 6.45) is 1.43. The molecule has 0 bridgehead atoms. The zero-order chi connectivity index (χ0) is 18.6. The molecule has 1 unspecified atom stereocenters. The van der Waals surface area contributed by atoms with Crippen molar-refractivity contribution in [2.45, 2.75) is 25.7 Å². The summed E-state index contributed by atoms with van der Waals surface area (Å²) in [6, 6.07) is 9.80. The van der Waals surface area contributed by atoms with Gasteiger partial charge in [0.05, 0.1) is 18.1 Å². The Hall–Kier alpha value is -2.67. The molecule has 0 saturated carbocycles. The van der Waals surface area contributed by atoms with Crippen molar-refractivity contribution in [3.05, 3.63) is 63.9 Å². The monoisotopic (exact) mass is 383 g/mol. The summed E-state index contributed by atoms with van der Waals surface area (Å²) in [5.74, 6) is 2.27. The molecule has 27 heavy (non-hydrogen) atoms. The normalized spacial score (nSPS) is 16.6. The van der Waals surface area contributed by atoms with E-state index in [0.29, 0.717) is 37.8 Å². The van der Waals surface area contributed by atoms with Crippen molar-refractivity contribution in [3.63, 3.8) is 0 Å². The number of carbonyl (C=O) groups excluding carboxylic acids is 1. The van der Waals surface area contributed by atoms with E-state index in [-0.39, 0.29) is 11.8 Å². The average molecular weight is 383 g/mol. The first-order chi connectivity index (χ1) is 13.2. The number of likely N-dealkylation sites (tertiary alicyclic amines) is 1. The number of hydrogen-bond acceptors (Lipinski definition) is 6. The number of benzene rings is 1. The lowest BCUT2D eigenvalue weighted by Crippen LogP contribution is -2.28. The minimum atomic E-state index is 0.0741. The molecule has 2 aromatic heterocycles. The molecule has 1 fully saturated rings. The number of ether oxygens (including phenoxy) is 1. The topological polar surface area (TPSA) is 68.5 Å². The van der Waals surface area contributed by atoms with Crippen LogP contribution in [-0.2, 0) is 6.42 Å². The molecular weight excluding hydrogens is 362 g/mol. The van der Waals surface area contributed by atoms with Gasteiger partial charge in [-0.1, -0.05) is 17.3 Å². The third kappa shape index (κ3) is 4.19. The predicted molar refractivity (Wildman–Crippen MR) is 102 cm³/mol. The van der Waals surface area contributed by atoms with Gasteiger partial charge in [0.15, 0.2) is 5.82 Å². The molecule has 1 aliphatic heterocycles. The van der Waals surface area contributed by atoms with Gasteiger partial charge in [0.25, 0.3) is 5.91 Å². The summed E-state index contributed by atoms with van der Waals surface area (Å²) in [4.78, 5) is 18.8. The molecule has 7 heteroatoms. The first-order valence-corrected chi connectivity index (χ1v) is 9.97. The maximum Gasteiger partial charge on any atom is 0.254 e. The van der Waals surface area contributed by atoms with E-state index in [9.17, 15) is 4.79 Å². The van der Waals surface area contributed by atoms with E-state index in [2.05, 4.69) is 10.1 Å². The number of aryl methyl sites for hydroxylation is 1. The Morgan fingerprint density at radius 1 is 1.41 bits per heavy atom. The number of hydrogen-bond donors (Lipinski definition) is 0. The van der Waals surface area contributed by atoms with Gasteiger partial charge in [0.2, 0.25) is 5.89 Å². The van der Waals surface area contributed by atoms with Gasteiger partial charge in [-0.15, -0.1) is 0 Å². The van der Waals surface area contributed by atoms with E-state index in [1.165, 1.54) is 11.3 Å². The molecule has 4 rings (SSSR count). The van der Waals surface area contributed by atoms with Gasteiger partial charge < -0.3 is 14.2 Å². The summed E-state index contributed by atoms with van der Waals surface area (Å²) in [5, 5.41) is 7.87. The minimum Gasteiger partial charge on any atom is -0.493 e. The van der Waals surface area contributed by atoms with Crippen molar-refractivity contribution in [2.24, 2.45) is 0 Å². The quantitative estimate of drug-likeness (QED) is 0.649. The highest BCUT2D eigenvalue weighted by Crippen LogP contribution is 2.27. The average Bonchev–Trinajstić information content (AvgIpc) is 3.42. The second kappa shape index (κ2) is 7.92. The first kappa shape index (κ1) is 17.7. The van der Waals surface area contributed by atoms with Crippen LogP contribution in [0.15, 0.2) is 45.6 Å². The third-order valence-electron chi connectivity index (χ3n) is 4.66. The maximum absolute atomic E-state index is 12.4. The zero-order valence-electron chi connectivity index (χ0n) is 15.1. The van der Waals surface area contributed by atoms with Crippen LogP contribution in [0.4, 0.5) is 0 Å². The molecule has 1 aromatic carbocycles. The van der Waals surface area contributed by atoms with Crippen LogP contribution in [0.3, 0.4) is 0 Å². The Kier molecular flexibility index (Phi) is 5.20.